The molecule has 0 saturated heterocycles. The van der Waals surface area contributed by atoms with Crippen LogP contribution < -0.4 is 10.1 Å². The van der Waals surface area contributed by atoms with Crippen molar-refractivity contribution in [1.82, 2.24) is 5.32 Å². The van der Waals surface area contributed by atoms with Gasteiger partial charge in [0, 0.05) is 12.0 Å². The van der Waals surface area contributed by atoms with Crippen LogP contribution in [0, 0.1) is 6.92 Å². The third-order valence-electron chi connectivity index (χ3n) is 3.30. The van der Waals surface area contributed by atoms with E-state index in [0.717, 1.165) is 29.3 Å². The molecule has 0 aliphatic carbocycles. The van der Waals surface area contributed by atoms with Gasteiger partial charge in [0.25, 0.3) is 0 Å². The summed E-state index contributed by atoms with van der Waals surface area (Å²) in [5.41, 5.74) is 2.31. The first-order valence-electron chi connectivity index (χ1n) is 6.60. The largest absolute Gasteiger partial charge is 0.496 e. The summed E-state index contributed by atoms with van der Waals surface area (Å²) < 4.78 is 11.3. The number of methoxy groups -OCH3 is 1. The number of benzene rings is 1. The van der Waals surface area contributed by atoms with Gasteiger partial charge in [-0.15, -0.1) is 0 Å². The number of ether oxygens (including phenoxy) is 1. The van der Waals surface area contributed by atoms with E-state index in [2.05, 4.69) is 31.3 Å². The lowest BCUT2D eigenvalue weighted by Gasteiger charge is -2.18. The molecule has 1 aromatic carbocycles. The highest BCUT2D eigenvalue weighted by molar-refractivity contribution is 5.42. The van der Waals surface area contributed by atoms with Gasteiger partial charge in [0.2, 0.25) is 0 Å². The first kappa shape index (κ1) is 13.7. The average Bonchev–Trinajstić information content (AvgIpc) is 2.89. The smallest absolute Gasteiger partial charge is 0.125 e. The summed E-state index contributed by atoms with van der Waals surface area (Å²) in [4.78, 5) is 0. The lowest BCUT2D eigenvalue weighted by atomic mass is 10.0. The Morgan fingerprint density at radius 2 is 2.05 bits per heavy atom. The molecule has 0 aliphatic heterocycles. The van der Waals surface area contributed by atoms with Crippen molar-refractivity contribution in [3.63, 3.8) is 0 Å². The zero-order valence-electron chi connectivity index (χ0n) is 12.0. The van der Waals surface area contributed by atoms with E-state index in [1.54, 1.807) is 7.11 Å². The van der Waals surface area contributed by atoms with Crippen molar-refractivity contribution in [2.45, 2.75) is 26.3 Å². The number of hydrogen-bond donors (Lipinski definition) is 1. The van der Waals surface area contributed by atoms with Crippen molar-refractivity contribution in [2.75, 3.05) is 14.2 Å². The average molecular weight is 259 g/mol. The maximum absolute atomic E-state index is 5.86. The lowest BCUT2D eigenvalue weighted by Crippen LogP contribution is -2.18. The minimum absolute atomic E-state index is 0.00940. The van der Waals surface area contributed by atoms with E-state index in [0.29, 0.717) is 0 Å². The maximum Gasteiger partial charge on any atom is 0.125 e. The number of hydrogen-bond acceptors (Lipinski definition) is 3. The molecule has 1 atom stereocenters. The van der Waals surface area contributed by atoms with Crippen LogP contribution in [0.1, 0.15) is 35.6 Å². The highest BCUT2D eigenvalue weighted by Crippen LogP contribution is 2.31. The number of rotatable bonds is 5. The molecule has 0 aliphatic rings. The number of nitrogens with one attached hydrogen (secondary N) is 1. The summed E-state index contributed by atoms with van der Waals surface area (Å²) in [5, 5.41) is 3.30. The van der Waals surface area contributed by atoms with Gasteiger partial charge >= 0.3 is 0 Å². The Labute approximate surface area is 114 Å². The molecule has 0 spiro atoms. The molecular formula is C16H21NO2. The van der Waals surface area contributed by atoms with Crippen LogP contribution in [0.3, 0.4) is 0 Å². The van der Waals surface area contributed by atoms with Crippen molar-refractivity contribution in [2.24, 2.45) is 0 Å². The minimum Gasteiger partial charge on any atom is -0.496 e. The highest BCUT2D eigenvalue weighted by atomic mass is 16.5. The van der Waals surface area contributed by atoms with Crippen LogP contribution in [-0.2, 0) is 6.42 Å². The zero-order chi connectivity index (χ0) is 13.8. The molecule has 0 fully saturated rings. The van der Waals surface area contributed by atoms with Crippen molar-refractivity contribution in [3.05, 3.63) is 53.0 Å². The molecule has 0 bridgehead atoms. The quantitative estimate of drug-likeness (QED) is 0.892. The Morgan fingerprint density at radius 1 is 1.26 bits per heavy atom. The van der Waals surface area contributed by atoms with Crippen molar-refractivity contribution in [3.8, 4) is 5.75 Å². The van der Waals surface area contributed by atoms with E-state index in [-0.39, 0.29) is 6.04 Å². The van der Waals surface area contributed by atoms with E-state index in [4.69, 9.17) is 9.15 Å². The fraction of sp³-hybridized carbons (Fsp3) is 0.375. The minimum atomic E-state index is 0.00940. The van der Waals surface area contributed by atoms with Crippen LogP contribution in [0.4, 0.5) is 0 Å². The lowest BCUT2D eigenvalue weighted by molar-refractivity contribution is 0.392. The van der Waals surface area contributed by atoms with Gasteiger partial charge in [-0.3, -0.25) is 0 Å². The van der Waals surface area contributed by atoms with E-state index < -0.39 is 0 Å². The monoisotopic (exact) mass is 259 g/mol. The van der Waals surface area contributed by atoms with Crippen molar-refractivity contribution >= 4 is 0 Å². The molecule has 1 aromatic heterocycles. The maximum atomic E-state index is 5.86. The number of furan rings is 1. The van der Waals surface area contributed by atoms with Crippen LogP contribution in [-0.4, -0.2) is 14.2 Å². The van der Waals surface area contributed by atoms with E-state index in [1.807, 2.05) is 25.2 Å². The Balaban J connectivity index is 2.43. The van der Waals surface area contributed by atoms with Crippen molar-refractivity contribution in [1.29, 1.82) is 0 Å². The predicted octanol–water partition coefficient (Wildman–Crippen LogP) is 3.47. The summed E-state index contributed by atoms with van der Waals surface area (Å²) in [5.74, 6) is 2.80. The predicted molar refractivity (Wildman–Crippen MR) is 76.7 cm³/mol. The molecule has 2 aromatic rings. The molecular weight excluding hydrogens is 238 g/mol. The molecule has 1 N–H and O–H groups in total. The molecule has 2 rings (SSSR count). The van der Waals surface area contributed by atoms with Crippen LogP contribution in [0.15, 0.2) is 34.7 Å². The molecule has 3 heteroatoms. The second-order valence-corrected chi connectivity index (χ2v) is 4.62. The van der Waals surface area contributed by atoms with Gasteiger partial charge in [0.1, 0.15) is 17.3 Å². The molecule has 19 heavy (non-hydrogen) atoms. The van der Waals surface area contributed by atoms with Gasteiger partial charge in [0.05, 0.1) is 13.2 Å². The summed E-state index contributed by atoms with van der Waals surface area (Å²) >= 11 is 0. The third kappa shape index (κ3) is 2.82. The highest BCUT2D eigenvalue weighted by Gasteiger charge is 2.19. The second-order valence-electron chi connectivity index (χ2n) is 4.62. The summed E-state index contributed by atoms with van der Waals surface area (Å²) in [6.45, 7) is 4.17. The molecule has 1 heterocycles. The fourth-order valence-corrected chi connectivity index (χ4v) is 2.27. The fourth-order valence-electron chi connectivity index (χ4n) is 2.27. The van der Waals surface area contributed by atoms with Gasteiger partial charge < -0.3 is 14.5 Å². The normalized spacial score (nSPS) is 12.4. The first-order valence-corrected chi connectivity index (χ1v) is 6.60. The molecule has 0 amide bonds. The van der Waals surface area contributed by atoms with Crippen LogP contribution in [0.25, 0.3) is 0 Å². The summed E-state index contributed by atoms with van der Waals surface area (Å²) in [6.07, 6.45) is 0.904. The molecule has 102 valence electrons. The van der Waals surface area contributed by atoms with E-state index >= 15 is 0 Å². The molecule has 0 radical (unpaired) electrons. The molecule has 3 nitrogen and oxygen atoms in total. The van der Waals surface area contributed by atoms with Gasteiger partial charge in [-0.1, -0.05) is 24.6 Å². The summed E-state index contributed by atoms with van der Waals surface area (Å²) in [7, 11) is 3.63. The third-order valence-corrected chi connectivity index (χ3v) is 3.30. The van der Waals surface area contributed by atoms with Crippen LogP contribution in [0.2, 0.25) is 0 Å². The Hall–Kier alpha value is -1.74. The van der Waals surface area contributed by atoms with Gasteiger partial charge in [-0.05, 0) is 32.2 Å². The Bertz CT molecular complexity index is 545. The Morgan fingerprint density at radius 3 is 2.63 bits per heavy atom. The van der Waals surface area contributed by atoms with Crippen LogP contribution >= 0.6 is 0 Å². The Kier molecular flexibility index (Phi) is 4.27. The number of aryl methyl sites for hydroxylation is 2. The second kappa shape index (κ2) is 5.93. The van der Waals surface area contributed by atoms with E-state index in [1.165, 1.54) is 5.56 Å². The molecule has 0 saturated carbocycles. The SMILES string of the molecule is CCc1ccc(C(NC)c2cc(C)ccc2OC)o1. The van der Waals surface area contributed by atoms with Crippen LogP contribution in [0.5, 0.6) is 5.75 Å². The topological polar surface area (TPSA) is 34.4 Å². The first-order chi connectivity index (χ1) is 9.19. The van der Waals surface area contributed by atoms with Crippen molar-refractivity contribution < 1.29 is 9.15 Å². The summed E-state index contributed by atoms with van der Waals surface area (Å²) in [6, 6.07) is 10.3. The standard InChI is InChI=1S/C16H21NO2/c1-5-12-7-9-15(19-12)16(17-3)13-10-11(2)6-8-14(13)18-4/h6-10,16-17H,5H2,1-4H3. The molecule has 1 unspecified atom stereocenters. The van der Waals surface area contributed by atoms with Gasteiger partial charge in [-0.2, -0.15) is 0 Å². The van der Waals surface area contributed by atoms with E-state index in [9.17, 15) is 0 Å². The zero-order valence-corrected chi connectivity index (χ0v) is 12.0. The van der Waals surface area contributed by atoms with Gasteiger partial charge in [0.15, 0.2) is 0 Å². The van der Waals surface area contributed by atoms with Gasteiger partial charge in [-0.25, -0.2) is 0 Å².